The van der Waals surface area contributed by atoms with E-state index in [4.69, 9.17) is 35.8 Å². The predicted molar refractivity (Wildman–Crippen MR) is 209 cm³/mol. The molecule has 0 bridgehead atoms. The number of aromatic nitrogens is 2. The lowest BCUT2D eigenvalue weighted by molar-refractivity contribution is -0.157. The number of benzene rings is 1. The number of ketones is 1. The number of halogens is 1. The molecular formula is C42H52ClN3O8S. The molecule has 4 fully saturated rings. The van der Waals surface area contributed by atoms with Crippen molar-refractivity contribution in [1.82, 2.24) is 14.9 Å². The van der Waals surface area contributed by atoms with Crippen LogP contribution >= 0.6 is 22.9 Å². The maximum Gasteiger partial charge on any atom is 0.310 e. The maximum atomic E-state index is 14.7. The van der Waals surface area contributed by atoms with Crippen LogP contribution in [0.4, 0.5) is 0 Å². The van der Waals surface area contributed by atoms with Gasteiger partial charge in [0.15, 0.2) is 5.78 Å². The standard InChI is InChI=1S/C42H52ClN3O8S/c1-8-24-17-42(24,40(50)51)18-32(47)31-14-26(19-46(31)39(49)28(41(4,5)6)15-35(48)54-25-12-22-11-23(22)13-25)53-34-16-29(38-45-30(20-55-38)21(2)3)44-37-27(34)9-10-33(52-7)36(37)43/h9-10,16,20-26,28,31H,8,11-15,17-19H2,1-7H3,(H,50,51)/t22-,23+,24?,25?,26-,28-,31+,42-/m1/s1. The molecule has 4 aliphatic rings. The number of carboxylic acids is 1. The number of Topliss-reactive ketones (excluding diaryl/α,β-unsaturated/α-hetero) is 1. The number of esters is 1. The number of likely N-dealkylation sites (tertiary alicyclic amines) is 1. The van der Waals surface area contributed by atoms with Crippen LogP contribution in [0.5, 0.6) is 11.5 Å². The van der Waals surface area contributed by atoms with Crippen molar-refractivity contribution in [2.24, 2.45) is 34.5 Å². The normalized spacial score (nSPS) is 27.5. The Morgan fingerprint density at radius 1 is 1.05 bits per heavy atom. The van der Waals surface area contributed by atoms with Crippen molar-refractivity contribution in [2.45, 2.75) is 117 Å². The Morgan fingerprint density at radius 2 is 1.78 bits per heavy atom. The predicted octanol–water partition coefficient (Wildman–Crippen LogP) is 8.35. The van der Waals surface area contributed by atoms with E-state index in [1.165, 1.54) is 29.8 Å². The van der Waals surface area contributed by atoms with E-state index < -0.39 is 40.8 Å². The van der Waals surface area contributed by atoms with Gasteiger partial charge in [-0.05, 0) is 66.9 Å². The number of thiazole rings is 1. The number of rotatable bonds is 14. The highest BCUT2D eigenvalue weighted by Gasteiger charge is 2.61. The Kier molecular flexibility index (Phi) is 10.7. The summed E-state index contributed by atoms with van der Waals surface area (Å²) in [5.41, 5.74) is 0.179. The van der Waals surface area contributed by atoms with Gasteiger partial charge in [0.05, 0.1) is 48.7 Å². The first-order chi connectivity index (χ1) is 26.0. The molecule has 55 heavy (non-hydrogen) atoms. The number of carbonyl (C=O) groups is 4. The van der Waals surface area contributed by atoms with Crippen LogP contribution in [0.1, 0.15) is 105 Å². The number of nitrogens with zero attached hydrogens (tertiary/aromatic N) is 3. The average molecular weight is 794 g/mol. The van der Waals surface area contributed by atoms with Crippen molar-refractivity contribution in [3.8, 4) is 22.2 Å². The van der Waals surface area contributed by atoms with E-state index in [-0.39, 0.29) is 55.4 Å². The number of pyridine rings is 1. The molecule has 1 aliphatic heterocycles. The number of carbonyl (C=O) groups excluding carboxylic acids is 3. The molecule has 3 aromatic rings. The first kappa shape index (κ1) is 39.5. The highest BCUT2D eigenvalue weighted by Crippen LogP contribution is 2.58. The van der Waals surface area contributed by atoms with Crippen molar-refractivity contribution in [1.29, 1.82) is 0 Å². The van der Waals surface area contributed by atoms with Gasteiger partial charge in [0, 0.05) is 29.7 Å². The van der Waals surface area contributed by atoms with E-state index in [1.807, 2.05) is 45.2 Å². The largest absolute Gasteiger partial charge is 0.495 e. The fourth-order valence-corrected chi connectivity index (χ4v) is 10.1. The summed E-state index contributed by atoms with van der Waals surface area (Å²) >= 11 is 8.30. The summed E-state index contributed by atoms with van der Waals surface area (Å²) in [6.45, 7) is 11.9. The topological polar surface area (TPSA) is 145 Å². The molecule has 1 saturated heterocycles. The van der Waals surface area contributed by atoms with Crippen LogP contribution in [-0.2, 0) is 23.9 Å². The second-order valence-corrected chi connectivity index (χ2v) is 18.8. The van der Waals surface area contributed by atoms with Gasteiger partial charge in [0.1, 0.15) is 39.4 Å². The second kappa shape index (κ2) is 15.0. The van der Waals surface area contributed by atoms with E-state index in [0.29, 0.717) is 62.8 Å². The highest BCUT2D eigenvalue weighted by atomic mass is 35.5. The van der Waals surface area contributed by atoms with Crippen molar-refractivity contribution in [2.75, 3.05) is 13.7 Å². The number of ether oxygens (including phenoxy) is 3. The van der Waals surface area contributed by atoms with Crippen molar-refractivity contribution in [3.05, 3.63) is 34.3 Å². The number of amides is 1. The molecule has 296 valence electrons. The monoisotopic (exact) mass is 793 g/mol. The van der Waals surface area contributed by atoms with Gasteiger partial charge < -0.3 is 24.2 Å². The van der Waals surface area contributed by atoms with E-state index in [2.05, 4.69) is 13.8 Å². The van der Waals surface area contributed by atoms with Crippen LogP contribution in [0, 0.1) is 34.5 Å². The summed E-state index contributed by atoms with van der Waals surface area (Å²) in [5, 5.41) is 13.8. The SMILES string of the molecule is CCC1C[C@]1(CC(=O)[C@@H]1C[C@@H](Oc2cc(-c3nc(C(C)C)cs3)nc3c(Cl)c(OC)ccc23)CN1C(=O)[C@@H](CC(=O)OC1C[C@@H]2C[C@@H]2C1)C(C)(C)C)C(=O)O. The third-order valence-electron chi connectivity index (χ3n) is 12.5. The van der Waals surface area contributed by atoms with Gasteiger partial charge in [-0.25, -0.2) is 9.97 Å². The molecule has 1 amide bonds. The smallest absolute Gasteiger partial charge is 0.310 e. The molecule has 1 aromatic carbocycles. The van der Waals surface area contributed by atoms with Crippen LogP contribution in [0.3, 0.4) is 0 Å². The zero-order valence-electron chi connectivity index (χ0n) is 32.7. The first-order valence-electron chi connectivity index (χ1n) is 19.6. The number of aliphatic carboxylic acids is 1. The van der Waals surface area contributed by atoms with Crippen LogP contribution in [0.2, 0.25) is 5.02 Å². The number of methoxy groups -OCH3 is 1. The number of hydrogen-bond donors (Lipinski definition) is 1. The summed E-state index contributed by atoms with van der Waals surface area (Å²) in [4.78, 5) is 66.2. The van der Waals surface area contributed by atoms with E-state index >= 15 is 0 Å². The van der Waals surface area contributed by atoms with Gasteiger partial charge in [0.2, 0.25) is 5.91 Å². The zero-order chi connectivity index (χ0) is 39.6. The highest BCUT2D eigenvalue weighted by molar-refractivity contribution is 7.13. The van der Waals surface area contributed by atoms with Gasteiger partial charge in [-0.1, -0.05) is 59.6 Å². The van der Waals surface area contributed by atoms with Gasteiger partial charge in [-0.2, -0.15) is 0 Å². The minimum absolute atomic E-state index is 0.0674. The fraction of sp³-hybridized carbons (Fsp3) is 0.619. The molecule has 3 heterocycles. The maximum absolute atomic E-state index is 14.7. The molecule has 7 rings (SSSR count). The van der Waals surface area contributed by atoms with Gasteiger partial charge in [-0.15, -0.1) is 11.3 Å². The zero-order valence-corrected chi connectivity index (χ0v) is 34.3. The minimum atomic E-state index is -1.14. The molecule has 0 radical (unpaired) electrons. The van der Waals surface area contributed by atoms with Crippen molar-refractivity contribution < 1.29 is 38.5 Å². The molecule has 11 nitrogen and oxygen atoms in total. The van der Waals surface area contributed by atoms with Crippen LogP contribution in [-0.4, -0.2) is 75.5 Å². The summed E-state index contributed by atoms with van der Waals surface area (Å²) in [6.07, 6.45) is 3.15. The Morgan fingerprint density at radius 3 is 2.38 bits per heavy atom. The number of carboxylic acid groups (broad SMARTS) is 1. The molecule has 8 atom stereocenters. The van der Waals surface area contributed by atoms with Gasteiger partial charge in [0.25, 0.3) is 0 Å². The van der Waals surface area contributed by atoms with Crippen LogP contribution in [0.25, 0.3) is 21.6 Å². The van der Waals surface area contributed by atoms with E-state index in [9.17, 15) is 24.3 Å². The van der Waals surface area contributed by atoms with Crippen molar-refractivity contribution >= 4 is 57.5 Å². The number of fused-ring (bicyclic) bond motifs is 2. The quantitative estimate of drug-likeness (QED) is 0.158. The second-order valence-electron chi connectivity index (χ2n) is 17.6. The van der Waals surface area contributed by atoms with Crippen LogP contribution in [0.15, 0.2) is 23.6 Å². The third kappa shape index (κ3) is 7.82. The molecule has 1 N–H and O–H groups in total. The Hall–Kier alpha value is -3.77. The summed E-state index contributed by atoms with van der Waals surface area (Å²) < 4.78 is 18.1. The van der Waals surface area contributed by atoms with Crippen molar-refractivity contribution in [3.63, 3.8) is 0 Å². The average Bonchev–Trinajstić information content (AvgIpc) is 3.77. The first-order valence-corrected chi connectivity index (χ1v) is 20.8. The van der Waals surface area contributed by atoms with Gasteiger partial charge >= 0.3 is 11.9 Å². The molecule has 13 heteroatoms. The summed E-state index contributed by atoms with van der Waals surface area (Å²) in [7, 11) is 1.53. The molecular weight excluding hydrogens is 742 g/mol. The molecule has 2 unspecified atom stereocenters. The lowest BCUT2D eigenvalue weighted by Crippen LogP contribution is -2.48. The minimum Gasteiger partial charge on any atom is -0.495 e. The van der Waals surface area contributed by atoms with Crippen LogP contribution < -0.4 is 9.47 Å². The third-order valence-corrected chi connectivity index (χ3v) is 13.7. The summed E-state index contributed by atoms with van der Waals surface area (Å²) in [5.74, 6) is -0.509. The Bertz CT molecular complexity index is 2000. The van der Waals surface area contributed by atoms with E-state index in [1.54, 1.807) is 6.07 Å². The lowest BCUT2D eigenvalue weighted by atomic mass is 9.77. The van der Waals surface area contributed by atoms with E-state index in [0.717, 1.165) is 18.5 Å². The fourth-order valence-electron chi connectivity index (χ4n) is 8.87. The lowest BCUT2D eigenvalue weighted by Gasteiger charge is -2.35. The molecule has 2 aromatic heterocycles. The summed E-state index contributed by atoms with van der Waals surface area (Å²) in [6, 6.07) is 4.44. The Balaban J connectivity index is 1.20. The Labute approximate surface area is 331 Å². The molecule has 0 spiro atoms. The number of hydrogen-bond acceptors (Lipinski definition) is 10. The molecule has 3 saturated carbocycles. The van der Waals surface area contributed by atoms with Gasteiger partial charge in [-0.3, -0.25) is 19.2 Å². The molecule has 3 aliphatic carbocycles.